The molecular weight excluding hydrogens is 378 g/mol. The first kappa shape index (κ1) is 21.7. The van der Waals surface area contributed by atoms with Gasteiger partial charge in [-0.2, -0.15) is 0 Å². The van der Waals surface area contributed by atoms with Gasteiger partial charge in [-0.05, 0) is 47.4 Å². The molecule has 0 bridgehead atoms. The maximum absolute atomic E-state index is 5.61. The van der Waals surface area contributed by atoms with Crippen molar-refractivity contribution in [2.75, 3.05) is 34.5 Å². The summed E-state index contributed by atoms with van der Waals surface area (Å²) in [5.74, 6) is 5.41. The van der Waals surface area contributed by atoms with E-state index in [2.05, 4.69) is 29.0 Å². The Morgan fingerprint density at radius 2 is 1.61 bits per heavy atom. The lowest BCUT2D eigenvalue weighted by atomic mass is 9.98. The molecule has 0 fully saturated rings. The van der Waals surface area contributed by atoms with E-state index in [0.29, 0.717) is 11.5 Å². The third-order valence-corrected chi connectivity index (χ3v) is 4.74. The minimum atomic E-state index is 0. The van der Waals surface area contributed by atoms with Gasteiger partial charge < -0.3 is 18.9 Å². The van der Waals surface area contributed by atoms with Crippen molar-refractivity contribution in [3.05, 3.63) is 47.0 Å². The summed E-state index contributed by atoms with van der Waals surface area (Å²) in [6.45, 7) is 2.89. The fourth-order valence-corrected chi connectivity index (χ4v) is 3.39. The van der Waals surface area contributed by atoms with E-state index in [0.717, 1.165) is 43.1 Å². The third kappa shape index (κ3) is 4.83. The van der Waals surface area contributed by atoms with Crippen LogP contribution in [0.2, 0.25) is 0 Å². The summed E-state index contributed by atoms with van der Waals surface area (Å²) in [6.07, 6.45) is 6.28. The maximum atomic E-state index is 5.61. The fourth-order valence-electron chi connectivity index (χ4n) is 3.39. The number of methoxy groups -OCH3 is 3. The van der Waals surface area contributed by atoms with Crippen LogP contribution in [0.3, 0.4) is 0 Å². The second kappa shape index (κ2) is 10.1. The van der Waals surface area contributed by atoms with Crippen LogP contribution in [-0.4, -0.2) is 39.4 Å². The Morgan fingerprint density at radius 3 is 2.25 bits per heavy atom. The van der Waals surface area contributed by atoms with E-state index in [1.807, 2.05) is 12.1 Å². The average molecular weight is 404 g/mol. The monoisotopic (exact) mass is 403 g/mol. The molecule has 0 saturated carbocycles. The van der Waals surface area contributed by atoms with Crippen molar-refractivity contribution < 1.29 is 18.9 Å². The summed E-state index contributed by atoms with van der Waals surface area (Å²) in [5, 5.41) is 0. The molecule has 1 heterocycles. The topological polar surface area (TPSA) is 40.2 Å². The van der Waals surface area contributed by atoms with Crippen molar-refractivity contribution in [2.24, 2.45) is 0 Å². The Morgan fingerprint density at radius 1 is 0.929 bits per heavy atom. The number of rotatable bonds is 7. The molecule has 1 aliphatic heterocycles. The molecule has 0 aromatic heterocycles. The first-order valence-corrected chi connectivity index (χ1v) is 8.87. The number of nitrogens with zero attached hydrogens (tertiary/aromatic N) is 1. The van der Waals surface area contributed by atoms with Crippen molar-refractivity contribution in [2.45, 2.75) is 19.5 Å². The summed E-state index contributed by atoms with van der Waals surface area (Å²) in [4.78, 5) is 2.40. The smallest absolute Gasteiger partial charge is 0.162 e. The summed E-state index contributed by atoms with van der Waals surface area (Å²) < 4.78 is 21.8. The van der Waals surface area contributed by atoms with Crippen LogP contribution in [0.15, 0.2) is 30.3 Å². The molecule has 0 aliphatic carbocycles. The van der Waals surface area contributed by atoms with Crippen LogP contribution < -0.4 is 18.9 Å². The van der Waals surface area contributed by atoms with Gasteiger partial charge in [0.15, 0.2) is 23.0 Å². The number of benzene rings is 2. The molecule has 0 unspecified atom stereocenters. The first-order chi connectivity index (χ1) is 13.2. The summed E-state index contributed by atoms with van der Waals surface area (Å²) in [7, 11) is 4.96. The molecule has 0 N–H and O–H groups in total. The van der Waals surface area contributed by atoms with E-state index in [1.165, 1.54) is 11.1 Å². The van der Waals surface area contributed by atoms with E-state index in [9.17, 15) is 0 Å². The van der Waals surface area contributed by atoms with E-state index in [-0.39, 0.29) is 19.0 Å². The van der Waals surface area contributed by atoms with Crippen LogP contribution in [0.5, 0.6) is 23.0 Å². The van der Waals surface area contributed by atoms with Crippen LogP contribution in [0.1, 0.15) is 16.7 Å². The van der Waals surface area contributed by atoms with E-state index >= 15 is 0 Å². The standard InChI is InChI=1S/C22H25NO4.ClH/c1-5-10-27-22-11-16(6-7-19(22)24-2)14-23-9-8-17-12-20(25-3)21(26-4)13-18(17)15-23;/h1,6-7,11-13H,8-10,14-15H2,2-4H3;1H. The number of hydrogen-bond acceptors (Lipinski definition) is 5. The molecule has 6 heteroatoms. The highest BCUT2D eigenvalue weighted by atomic mass is 35.5. The van der Waals surface area contributed by atoms with Gasteiger partial charge in [0, 0.05) is 19.6 Å². The van der Waals surface area contributed by atoms with Crippen LogP contribution in [-0.2, 0) is 19.5 Å². The van der Waals surface area contributed by atoms with Crippen LogP contribution in [0, 0.1) is 12.3 Å². The predicted molar refractivity (Wildman–Crippen MR) is 112 cm³/mol. The van der Waals surface area contributed by atoms with Crippen LogP contribution >= 0.6 is 12.4 Å². The molecule has 150 valence electrons. The zero-order chi connectivity index (χ0) is 19.2. The lowest BCUT2D eigenvalue weighted by Gasteiger charge is -2.29. The number of halogens is 1. The number of fused-ring (bicyclic) bond motifs is 1. The van der Waals surface area contributed by atoms with Crippen molar-refractivity contribution >= 4 is 12.4 Å². The van der Waals surface area contributed by atoms with Gasteiger partial charge in [0.2, 0.25) is 0 Å². The second-order valence-corrected chi connectivity index (χ2v) is 6.41. The molecule has 0 spiro atoms. The molecule has 1 aliphatic rings. The Hall–Kier alpha value is -2.55. The summed E-state index contributed by atoms with van der Waals surface area (Å²) >= 11 is 0. The average Bonchev–Trinajstić information content (AvgIpc) is 2.71. The lowest BCUT2D eigenvalue weighted by molar-refractivity contribution is 0.243. The minimum Gasteiger partial charge on any atom is -0.493 e. The molecule has 0 saturated heterocycles. The van der Waals surface area contributed by atoms with Crippen molar-refractivity contribution in [1.82, 2.24) is 4.90 Å². The number of terminal acetylenes is 1. The summed E-state index contributed by atoms with van der Waals surface area (Å²) in [6, 6.07) is 10.2. The highest BCUT2D eigenvalue weighted by molar-refractivity contribution is 5.85. The molecular formula is C22H26ClNO4. The third-order valence-electron chi connectivity index (χ3n) is 4.74. The molecule has 0 radical (unpaired) electrons. The Balaban J connectivity index is 0.00000280. The largest absolute Gasteiger partial charge is 0.493 e. The van der Waals surface area contributed by atoms with E-state index in [4.69, 9.17) is 25.4 Å². The first-order valence-electron chi connectivity index (χ1n) is 8.87. The number of ether oxygens (including phenoxy) is 4. The van der Waals surface area contributed by atoms with Gasteiger partial charge in [-0.1, -0.05) is 12.0 Å². The molecule has 2 aromatic carbocycles. The summed E-state index contributed by atoms with van der Waals surface area (Å²) in [5.41, 5.74) is 3.75. The van der Waals surface area contributed by atoms with Gasteiger partial charge in [0.25, 0.3) is 0 Å². The van der Waals surface area contributed by atoms with Gasteiger partial charge in [-0.15, -0.1) is 18.8 Å². The Kier molecular flexibility index (Phi) is 7.86. The van der Waals surface area contributed by atoms with E-state index < -0.39 is 0 Å². The van der Waals surface area contributed by atoms with Gasteiger partial charge in [0.05, 0.1) is 21.3 Å². The molecule has 3 rings (SSSR count). The zero-order valence-corrected chi connectivity index (χ0v) is 17.3. The lowest BCUT2D eigenvalue weighted by Crippen LogP contribution is -2.30. The molecule has 5 nitrogen and oxygen atoms in total. The molecule has 0 atom stereocenters. The second-order valence-electron chi connectivity index (χ2n) is 6.41. The fraction of sp³-hybridized carbons (Fsp3) is 0.364. The van der Waals surface area contributed by atoms with Crippen molar-refractivity contribution in [3.8, 4) is 35.3 Å². The van der Waals surface area contributed by atoms with E-state index in [1.54, 1.807) is 21.3 Å². The van der Waals surface area contributed by atoms with Crippen molar-refractivity contribution in [3.63, 3.8) is 0 Å². The Labute approximate surface area is 172 Å². The predicted octanol–water partition coefficient (Wildman–Crippen LogP) is 3.70. The number of hydrogen-bond donors (Lipinski definition) is 0. The molecule has 0 amide bonds. The quantitative estimate of drug-likeness (QED) is 0.659. The van der Waals surface area contributed by atoms with Gasteiger partial charge in [-0.3, -0.25) is 4.90 Å². The van der Waals surface area contributed by atoms with Gasteiger partial charge >= 0.3 is 0 Å². The maximum Gasteiger partial charge on any atom is 0.162 e. The normalized spacial score (nSPS) is 12.9. The van der Waals surface area contributed by atoms with Crippen molar-refractivity contribution in [1.29, 1.82) is 0 Å². The van der Waals surface area contributed by atoms with Gasteiger partial charge in [-0.25, -0.2) is 0 Å². The van der Waals surface area contributed by atoms with Crippen LogP contribution in [0.25, 0.3) is 0 Å². The zero-order valence-electron chi connectivity index (χ0n) is 16.5. The minimum absolute atomic E-state index is 0. The SMILES string of the molecule is C#CCOc1cc(CN2CCc3cc(OC)c(OC)cc3C2)ccc1OC.Cl. The highest BCUT2D eigenvalue weighted by Crippen LogP contribution is 2.34. The van der Waals surface area contributed by atoms with Crippen LogP contribution in [0.4, 0.5) is 0 Å². The van der Waals surface area contributed by atoms with Gasteiger partial charge in [0.1, 0.15) is 6.61 Å². The molecule has 28 heavy (non-hydrogen) atoms. The molecule has 2 aromatic rings. The Bertz CT molecular complexity index is 847. The highest BCUT2D eigenvalue weighted by Gasteiger charge is 2.20.